The van der Waals surface area contributed by atoms with Crippen LogP contribution in [-0.2, 0) is 0 Å². The van der Waals surface area contributed by atoms with Gasteiger partial charge in [0.1, 0.15) is 6.04 Å². The van der Waals surface area contributed by atoms with Crippen LogP contribution in [0.25, 0.3) is 0 Å². The third-order valence-corrected chi connectivity index (χ3v) is 4.32. The van der Waals surface area contributed by atoms with Gasteiger partial charge in [0.25, 0.3) is 0 Å². The fraction of sp³-hybridized carbons (Fsp3) is 1.00. The lowest BCUT2D eigenvalue weighted by Gasteiger charge is -2.39. The molecule has 0 saturated carbocycles. The number of hydrogen-bond acceptors (Lipinski definition) is 3. The van der Waals surface area contributed by atoms with E-state index in [9.17, 15) is 13.2 Å². The van der Waals surface area contributed by atoms with Crippen LogP contribution >= 0.6 is 0 Å². The van der Waals surface area contributed by atoms with Gasteiger partial charge in [-0.15, -0.1) is 0 Å². The number of piperidine rings is 1. The maximum absolute atomic E-state index is 13.1. The summed E-state index contributed by atoms with van der Waals surface area (Å²) in [6.45, 7) is 2.81. The Hall–Kier alpha value is -0.330. The molecule has 6 heteroatoms. The fourth-order valence-corrected chi connectivity index (χ4v) is 3.12. The zero-order valence-electron chi connectivity index (χ0n) is 11.5. The average molecular weight is 279 g/mol. The fourth-order valence-electron chi connectivity index (χ4n) is 3.12. The van der Waals surface area contributed by atoms with E-state index >= 15 is 0 Å². The molecule has 3 nitrogen and oxygen atoms in total. The lowest BCUT2D eigenvalue weighted by molar-refractivity contribution is -0.182. The molecular formula is C13H24F3N3. The van der Waals surface area contributed by atoms with Gasteiger partial charge in [-0.3, -0.25) is 4.90 Å². The van der Waals surface area contributed by atoms with E-state index in [1.54, 1.807) is 4.90 Å². The van der Waals surface area contributed by atoms with Crippen LogP contribution < -0.4 is 5.32 Å². The topological polar surface area (TPSA) is 18.5 Å². The summed E-state index contributed by atoms with van der Waals surface area (Å²) in [7, 11) is 2.03. The van der Waals surface area contributed by atoms with Crippen LogP contribution in [0.3, 0.4) is 0 Å². The third-order valence-electron chi connectivity index (χ3n) is 4.32. The Kier molecular flexibility index (Phi) is 5.09. The lowest BCUT2D eigenvalue weighted by atomic mass is 10.0. The molecule has 0 aromatic heterocycles. The smallest absolute Gasteiger partial charge is 0.315 e. The van der Waals surface area contributed by atoms with Crippen LogP contribution in [0.5, 0.6) is 0 Å². The van der Waals surface area contributed by atoms with Crippen molar-refractivity contribution < 1.29 is 13.2 Å². The minimum atomic E-state index is -4.13. The molecule has 1 N–H and O–H groups in total. The normalized spacial score (nSPS) is 32.2. The number of likely N-dealkylation sites (N-methyl/N-ethyl adjacent to an activating group) is 1. The summed E-state index contributed by atoms with van der Waals surface area (Å²) < 4.78 is 39.4. The molecule has 0 amide bonds. The first-order valence-electron chi connectivity index (χ1n) is 7.20. The Balaban J connectivity index is 2.01. The van der Waals surface area contributed by atoms with Crippen molar-refractivity contribution in [3.8, 4) is 0 Å². The minimum absolute atomic E-state index is 0.0277. The Bertz CT molecular complexity index is 283. The summed E-state index contributed by atoms with van der Waals surface area (Å²) in [5, 5.41) is 2.91. The first-order chi connectivity index (χ1) is 8.98. The summed E-state index contributed by atoms with van der Waals surface area (Å²) in [5.41, 5.74) is 0. The second-order valence-corrected chi connectivity index (χ2v) is 5.74. The molecule has 0 spiro atoms. The monoisotopic (exact) mass is 279 g/mol. The molecule has 19 heavy (non-hydrogen) atoms. The highest BCUT2D eigenvalue weighted by molar-refractivity contribution is 4.87. The van der Waals surface area contributed by atoms with Crippen molar-refractivity contribution in [2.45, 2.75) is 43.9 Å². The van der Waals surface area contributed by atoms with Crippen molar-refractivity contribution >= 4 is 0 Å². The highest BCUT2D eigenvalue weighted by Crippen LogP contribution is 2.27. The Morgan fingerprint density at radius 2 is 1.95 bits per heavy atom. The molecule has 2 aliphatic rings. The molecule has 0 aromatic carbocycles. The largest absolute Gasteiger partial charge is 0.405 e. The van der Waals surface area contributed by atoms with Gasteiger partial charge in [-0.25, -0.2) is 0 Å². The van der Waals surface area contributed by atoms with Crippen LogP contribution in [0.15, 0.2) is 0 Å². The van der Waals surface area contributed by atoms with Crippen LogP contribution in [0.1, 0.15) is 25.7 Å². The third kappa shape index (κ3) is 4.07. The first kappa shape index (κ1) is 15.1. The number of nitrogens with zero attached hydrogens (tertiary/aromatic N) is 2. The molecule has 2 atom stereocenters. The van der Waals surface area contributed by atoms with Crippen molar-refractivity contribution in [2.24, 2.45) is 0 Å². The van der Waals surface area contributed by atoms with Crippen LogP contribution in [-0.4, -0.2) is 67.8 Å². The molecular weight excluding hydrogens is 255 g/mol. The predicted octanol–water partition coefficient (Wildman–Crippen LogP) is 1.70. The van der Waals surface area contributed by atoms with E-state index in [-0.39, 0.29) is 12.6 Å². The molecule has 2 unspecified atom stereocenters. The van der Waals surface area contributed by atoms with Crippen LogP contribution in [0.4, 0.5) is 13.2 Å². The van der Waals surface area contributed by atoms with E-state index in [4.69, 9.17) is 0 Å². The van der Waals surface area contributed by atoms with Gasteiger partial charge in [-0.1, -0.05) is 6.42 Å². The molecule has 112 valence electrons. The summed E-state index contributed by atoms with van der Waals surface area (Å²) in [6, 6.07) is -1.05. The van der Waals surface area contributed by atoms with E-state index in [2.05, 4.69) is 10.2 Å². The van der Waals surface area contributed by atoms with Gasteiger partial charge < -0.3 is 10.2 Å². The van der Waals surface area contributed by atoms with Crippen molar-refractivity contribution in [3.63, 3.8) is 0 Å². The summed E-state index contributed by atoms with van der Waals surface area (Å²) in [6.07, 6.45) is -0.0202. The van der Waals surface area contributed by atoms with E-state index in [0.29, 0.717) is 19.6 Å². The van der Waals surface area contributed by atoms with Crippen molar-refractivity contribution in [1.29, 1.82) is 0 Å². The van der Waals surface area contributed by atoms with Crippen molar-refractivity contribution in [2.75, 3.05) is 39.8 Å². The SMILES string of the molecule is CN1CCCCC1CN1CCCNCC1C(F)(F)F. The Morgan fingerprint density at radius 3 is 2.63 bits per heavy atom. The van der Waals surface area contributed by atoms with Gasteiger partial charge in [0.2, 0.25) is 0 Å². The van der Waals surface area contributed by atoms with Crippen LogP contribution in [0.2, 0.25) is 0 Å². The standard InChI is InChI=1S/C13H24F3N3/c1-18-7-3-2-5-11(18)10-19-8-4-6-17-9-12(19)13(14,15)16/h11-12,17H,2-10H2,1H3. The molecule has 2 saturated heterocycles. The van der Waals surface area contributed by atoms with Gasteiger partial charge >= 0.3 is 6.18 Å². The van der Waals surface area contributed by atoms with Crippen LogP contribution in [0, 0.1) is 0 Å². The quantitative estimate of drug-likeness (QED) is 0.830. The number of likely N-dealkylation sites (tertiary alicyclic amines) is 1. The maximum atomic E-state index is 13.1. The minimum Gasteiger partial charge on any atom is -0.315 e. The number of nitrogens with one attached hydrogen (secondary N) is 1. The molecule has 2 heterocycles. The second kappa shape index (κ2) is 6.41. The molecule has 0 aromatic rings. The molecule has 0 radical (unpaired) electrons. The second-order valence-electron chi connectivity index (χ2n) is 5.74. The summed E-state index contributed by atoms with van der Waals surface area (Å²) >= 11 is 0. The molecule has 2 rings (SSSR count). The maximum Gasteiger partial charge on any atom is 0.405 e. The molecule has 2 fully saturated rings. The van der Waals surface area contributed by atoms with Crippen molar-refractivity contribution in [1.82, 2.24) is 15.1 Å². The highest BCUT2D eigenvalue weighted by Gasteiger charge is 2.44. The van der Waals surface area contributed by atoms with E-state index in [1.165, 1.54) is 0 Å². The number of hydrogen-bond donors (Lipinski definition) is 1. The van der Waals surface area contributed by atoms with Gasteiger partial charge in [-0.05, 0) is 39.4 Å². The first-order valence-corrected chi connectivity index (χ1v) is 7.20. The molecule has 0 aliphatic carbocycles. The summed E-state index contributed by atoms with van der Waals surface area (Å²) in [5.74, 6) is 0. The average Bonchev–Trinajstić information content (AvgIpc) is 2.57. The van der Waals surface area contributed by atoms with Gasteiger partial charge in [0.05, 0.1) is 0 Å². The summed E-state index contributed by atoms with van der Waals surface area (Å²) in [4.78, 5) is 3.86. The van der Waals surface area contributed by atoms with Gasteiger partial charge in [0.15, 0.2) is 0 Å². The Labute approximate surface area is 113 Å². The van der Waals surface area contributed by atoms with Gasteiger partial charge in [0, 0.05) is 25.7 Å². The number of halogens is 3. The van der Waals surface area contributed by atoms with Gasteiger partial charge in [-0.2, -0.15) is 13.2 Å². The highest BCUT2D eigenvalue weighted by atomic mass is 19.4. The zero-order valence-corrected chi connectivity index (χ0v) is 11.5. The molecule has 0 bridgehead atoms. The predicted molar refractivity (Wildman–Crippen MR) is 69.2 cm³/mol. The lowest BCUT2D eigenvalue weighted by Crippen LogP contribution is -2.54. The van der Waals surface area contributed by atoms with E-state index < -0.39 is 12.2 Å². The number of rotatable bonds is 2. The molecule has 2 aliphatic heterocycles. The van der Waals surface area contributed by atoms with E-state index in [1.807, 2.05) is 7.05 Å². The van der Waals surface area contributed by atoms with Crippen molar-refractivity contribution in [3.05, 3.63) is 0 Å². The number of alkyl halides is 3. The van der Waals surface area contributed by atoms with E-state index in [0.717, 1.165) is 32.2 Å². The zero-order chi connectivity index (χ0) is 13.9. The Morgan fingerprint density at radius 1 is 1.16 bits per heavy atom.